The Labute approximate surface area is 157 Å². The van der Waals surface area contributed by atoms with Crippen molar-refractivity contribution in [3.8, 4) is 0 Å². The maximum absolute atomic E-state index is 12.6. The van der Waals surface area contributed by atoms with Gasteiger partial charge in [0.05, 0.1) is 16.4 Å². The van der Waals surface area contributed by atoms with Crippen molar-refractivity contribution in [2.75, 3.05) is 36.4 Å². The molecule has 0 radical (unpaired) electrons. The van der Waals surface area contributed by atoms with Crippen LogP contribution in [-0.2, 0) is 0 Å². The van der Waals surface area contributed by atoms with E-state index in [1.54, 1.807) is 10.7 Å². The zero-order valence-corrected chi connectivity index (χ0v) is 15.8. The van der Waals surface area contributed by atoms with Gasteiger partial charge >= 0.3 is 0 Å². The Balaban J connectivity index is 1.64. The smallest absolute Gasteiger partial charge is 0.261 e. The van der Waals surface area contributed by atoms with Crippen LogP contribution in [0.1, 0.15) is 16.8 Å². The summed E-state index contributed by atoms with van der Waals surface area (Å²) in [6.07, 6.45) is 4.49. The zero-order valence-electron chi connectivity index (χ0n) is 13.4. The lowest BCUT2D eigenvalue weighted by atomic mass is 10.3. The predicted molar refractivity (Wildman–Crippen MR) is 103 cm³/mol. The Morgan fingerprint density at radius 1 is 1.32 bits per heavy atom. The molecular formula is C16H17BrN6OS. The third-order valence-electron chi connectivity index (χ3n) is 4.13. The number of carbonyl (C=O) groups is 1. The van der Waals surface area contributed by atoms with Crippen LogP contribution >= 0.6 is 27.3 Å². The van der Waals surface area contributed by atoms with Crippen molar-refractivity contribution in [3.63, 3.8) is 0 Å². The third-order valence-corrected chi connectivity index (χ3v) is 5.83. The highest BCUT2D eigenvalue weighted by Crippen LogP contribution is 2.27. The SMILES string of the molecule is O=C(Nc1cscc1Br)c1cnn2ccc(N3CCCNCC3)nc12. The minimum absolute atomic E-state index is 0.212. The molecule has 4 rings (SSSR count). The van der Waals surface area contributed by atoms with Gasteiger partial charge in [-0.2, -0.15) is 5.10 Å². The lowest BCUT2D eigenvalue weighted by molar-refractivity contribution is 0.102. The number of fused-ring (bicyclic) bond motifs is 1. The third kappa shape index (κ3) is 3.39. The summed E-state index contributed by atoms with van der Waals surface area (Å²) in [6, 6.07) is 1.95. The number of aromatic nitrogens is 3. The maximum Gasteiger partial charge on any atom is 0.261 e. The van der Waals surface area contributed by atoms with Crippen molar-refractivity contribution >= 4 is 50.3 Å². The van der Waals surface area contributed by atoms with Gasteiger partial charge in [0.25, 0.3) is 5.91 Å². The first-order chi connectivity index (χ1) is 12.2. The molecule has 25 heavy (non-hydrogen) atoms. The van der Waals surface area contributed by atoms with Crippen molar-refractivity contribution in [2.24, 2.45) is 0 Å². The van der Waals surface area contributed by atoms with E-state index in [1.165, 1.54) is 11.3 Å². The minimum Gasteiger partial charge on any atom is -0.355 e. The van der Waals surface area contributed by atoms with E-state index < -0.39 is 0 Å². The van der Waals surface area contributed by atoms with Gasteiger partial charge < -0.3 is 15.5 Å². The molecular weight excluding hydrogens is 404 g/mol. The fourth-order valence-electron chi connectivity index (χ4n) is 2.83. The molecule has 0 atom stereocenters. The lowest BCUT2D eigenvalue weighted by Gasteiger charge is -2.20. The summed E-state index contributed by atoms with van der Waals surface area (Å²) in [5, 5.41) is 14.3. The van der Waals surface area contributed by atoms with Crippen LogP contribution in [0.15, 0.2) is 33.7 Å². The van der Waals surface area contributed by atoms with Crippen LogP contribution in [0.2, 0.25) is 0 Å². The predicted octanol–water partition coefficient (Wildman–Crippen LogP) is 2.61. The normalized spacial score (nSPS) is 15.3. The lowest BCUT2D eigenvalue weighted by Crippen LogP contribution is -2.28. The van der Waals surface area contributed by atoms with Gasteiger partial charge in [0.15, 0.2) is 5.65 Å². The number of carbonyl (C=O) groups excluding carboxylic acids is 1. The first-order valence-corrected chi connectivity index (χ1v) is 9.79. The summed E-state index contributed by atoms with van der Waals surface area (Å²) in [5.74, 6) is 0.666. The average molecular weight is 421 g/mol. The Kier molecular flexibility index (Phi) is 4.69. The molecule has 7 nitrogen and oxygen atoms in total. The standard InChI is InChI=1S/C16H17BrN6OS/c17-12-9-25-10-13(12)20-16(24)11-8-19-23-6-2-14(21-15(11)23)22-5-1-3-18-4-7-22/h2,6,8-10,18H,1,3-5,7H2,(H,20,24). The number of amides is 1. The van der Waals surface area contributed by atoms with Gasteiger partial charge in [-0.3, -0.25) is 4.79 Å². The van der Waals surface area contributed by atoms with Crippen molar-refractivity contribution < 1.29 is 4.79 Å². The fourth-order valence-corrected chi connectivity index (χ4v) is 4.16. The van der Waals surface area contributed by atoms with Crippen molar-refractivity contribution in [3.05, 3.63) is 39.3 Å². The second-order valence-corrected chi connectivity index (χ2v) is 7.39. The number of hydrogen-bond donors (Lipinski definition) is 2. The van der Waals surface area contributed by atoms with E-state index in [1.807, 2.05) is 23.0 Å². The topological polar surface area (TPSA) is 74.6 Å². The molecule has 1 amide bonds. The molecule has 1 aliphatic rings. The van der Waals surface area contributed by atoms with Crippen LogP contribution in [0.3, 0.4) is 0 Å². The van der Waals surface area contributed by atoms with E-state index in [0.717, 1.165) is 48.6 Å². The number of hydrogen-bond acceptors (Lipinski definition) is 6. The van der Waals surface area contributed by atoms with Gasteiger partial charge in [-0.05, 0) is 35.0 Å². The Morgan fingerprint density at radius 3 is 3.08 bits per heavy atom. The second-order valence-electron chi connectivity index (χ2n) is 5.79. The highest BCUT2D eigenvalue weighted by Gasteiger charge is 2.18. The molecule has 1 fully saturated rings. The summed E-state index contributed by atoms with van der Waals surface area (Å²) in [5.41, 5.74) is 1.79. The quantitative estimate of drug-likeness (QED) is 0.680. The molecule has 0 saturated carbocycles. The van der Waals surface area contributed by atoms with Crippen molar-refractivity contribution in [1.29, 1.82) is 0 Å². The molecule has 0 bridgehead atoms. The molecule has 9 heteroatoms. The van der Waals surface area contributed by atoms with Gasteiger partial charge in [-0.1, -0.05) is 0 Å². The number of halogens is 1. The number of nitrogens with zero attached hydrogens (tertiary/aromatic N) is 4. The molecule has 3 aromatic heterocycles. The number of anilines is 2. The monoisotopic (exact) mass is 420 g/mol. The van der Waals surface area contributed by atoms with E-state index in [9.17, 15) is 4.79 Å². The number of nitrogens with one attached hydrogen (secondary N) is 2. The first-order valence-electron chi connectivity index (χ1n) is 8.05. The molecule has 0 unspecified atom stereocenters. The van der Waals surface area contributed by atoms with Crippen LogP contribution in [0, 0.1) is 0 Å². The molecule has 0 spiro atoms. The summed E-state index contributed by atoms with van der Waals surface area (Å²) in [4.78, 5) is 19.6. The molecule has 3 aromatic rings. The highest BCUT2D eigenvalue weighted by atomic mass is 79.9. The number of thiophene rings is 1. The van der Waals surface area contributed by atoms with Crippen molar-refractivity contribution in [2.45, 2.75) is 6.42 Å². The van der Waals surface area contributed by atoms with Gasteiger partial charge in [0.2, 0.25) is 0 Å². The van der Waals surface area contributed by atoms with E-state index in [2.05, 4.69) is 36.6 Å². The summed E-state index contributed by atoms with van der Waals surface area (Å²) in [7, 11) is 0. The van der Waals surface area contributed by atoms with E-state index in [4.69, 9.17) is 4.98 Å². The first kappa shape index (κ1) is 16.5. The van der Waals surface area contributed by atoms with E-state index in [0.29, 0.717) is 11.2 Å². The van der Waals surface area contributed by atoms with Gasteiger partial charge in [-0.15, -0.1) is 11.3 Å². The van der Waals surface area contributed by atoms with Crippen LogP contribution < -0.4 is 15.5 Å². The summed E-state index contributed by atoms with van der Waals surface area (Å²) >= 11 is 4.95. The largest absolute Gasteiger partial charge is 0.355 e. The minimum atomic E-state index is -0.212. The Morgan fingerprint density at radius 2 is 2.24 bits per heavy atom. The zero-order chi connectivity index (χ0) is 17.2. The number of rotatable bonds is 3. The Hall–Kier alpha value is -1.97. The fraction of sp³-hybridized carbons (Fsp3) is 0.312. The average Bonchev–Trinajstić information content (AvgIpc) is 3.11. The molecule has 1 saturated heterocycles. The van der Waals surface area contributed by atoms with Crippen LogP contribution in [0.25, 0.3) is 5.65 Å². The van der Waals surface area contributed by atoms with Gasteiger partial charge in [0.1, 0.15) is 11.4 Å². The van der Waals surface area contributed by atoms with E-state index in [-0.39, 0.29) is 5.91 Å². The van der Waals surface area contributed by atoms with Crippen LogP contribution in [0.4, 0.5) is 11.5 Å². The molecule has 4 heterocycles. The Bertz CT molecular complexity index is 899. The molecule has 2 N–H and O–H groups in total. The van der Waals surface area contributed by atoms with Gasteiger partial charge in [-0.25, -0.2) is 9.50 Å². The molecule has 130 valence electrons. The molecule has 0 aliphatic carbocycles. The molecule has 0 aromatic carbocycles. The van der Waals surface area contributed by atoms with Crippen molar-refractivity contribution in [1.82, 2.24) is 19.9 Å². The second kappa shape index (κ2) is 7.11. The van der Waals surface area contributed by atoms with Crippen LogP contribution in [0.5, 0.6) is 0 Å². The summed E-state index contributed by atoms with van der Waals surface area (Å²) in [6.45, 7) is 3.81. The highest BCUT2D eigenvalue weighted by molar-refractivity contribution is 9.10. The van der Waals surface area contributed by atoms with Gasteiger partial charge in [0, 0.05) is 36.6 Å². The maximum atomic E-state index is 12.6. The van der Waals surface area contributed by atoms with E-state index >= 15 is 0 Å². The summed E-state index contributed by atoms with van der Waals surface area (Å²) < 4.78 is 2.50. The molecule has 1 aliphatic heterocycles. The van der Waals surface area contributed by atoms with Crippen LogP contribution in [-0.4, -0.2) is 46.7 Å².